The van der Waals surface area contributed by atoms with Crippen molar-refractivity contribution in [3.63, 3.8) is 0 Å². The Bertz CT molecular complexity index is 639. The minimum atomic E-state index is 0.226. The minimum Gasteiger partial charge on any atom is -0.357 e. The summed E-state index contributed by atoms with van der Waals surface area (Å²) in [4.78, 5) is 21.0. The molecule has 0 aromatic heterocycles. The van der Waals surface area contributed by atoms with Gasteiger partial charge in [0.15, 0.2) is 5.96 Å². The summed E-state index contributed by atoms with van der Waals surface area (Å²) >= 11 is 0. The average molecular weight is 402 g/mol. The smallest absolute Gasteiger partial charge is 0.227 e. The van der Waals surface area contributed by atoms with Gasteiger partial charge < -0.3 is 20.4 Å². The number of aliphatic imine (C=N–C) groups is 1. The van der Waals surface area contributed by atoms with E-state index >= 15 is 0 Å². The van der Waals surface area contributed by atoms with Crippen LogP contribution in [0.15, 0.2) is 29.3 Å². The molecule has 1 saturated heterocycles. The summed E-state index contributed by atoms with van der Waals surface area (Å²) in [5, 5.41) is 6.87. The topological polar surface area (TPSA) is 60.0 Å². The van der Waals surface area contributed by atoms with Crippen molar-refractivity contribution in [1.29, 1.82) is 0 Å². The molecule has 0 radical (unpaired) electrons. The summed E-state index contributed by atoms with van der Waals surface area (Å²) in [7, 11) is 0. The molecule has 6 heteroatoms. The van der Waals surface area contributed by atoms with Crippen LogP contribution in [0.3, 0.4) is 0 Å². The van der Waals surface area contributed by atoms with E-state index in [1.54, 1.807) is 0 Å². The molecule has 29 heavy (non-hydrogen) atoms. The summed E-state index contributed by atoms with van der Waals surface area (Å²) in [6.07, 6.45) is 3.93. The number of benzene rings is 1. The van der Waals surface area contributed by atoms with E-state index in [0.29, 0.717) is 19.0 Å². The Balaban J connectivity index is 1.85. The van der Waals surface area contributed by atoms with Crippen LogP contribution < -0.4 is 15.5 Å². The minimum absolute atomic E-state index is 0.226. The van der Waals surface area contributed by atoms with Crippen LogP contribution in [-0.2, 0) is 11.3 Å². The summed E-state index contributed by atoms with van der Waals surface area (Å²) in [6.45, 7) is 14.4. The van der Waals surface area contributed by atoms with Crippen LogP contribution in [0.2, 0.25) is 0 Å². The number of amides is 1. The fraction of sp³-hybridized carbons (Fsp3) is 0.652. The molecule has 2 rings (SSSR count). The Kier molecular flexibility index (Phi) is 9.98. The number of hydrogen-bond acceptors (Lipinski definition) is 3. The highest BCUT2D eigenvalue weighted by Gasteiger charge is 2.21. The molecule has 2 N–H and O–H groups in total. The van der Waals surface area contributed by atoms with E-state index in [9.17, 15) is 4.79 Å². The molecule has 1 heterocycles. The van der Waals surface area contributed by atoms with E-state index in [-0.39, 0.29) is 5.91 Å². The zero-order valence-electron chi connectivity index (χ0n) is 18.7. The van der Waals surface area contributed by atoms with Crippen LogP contribution >= 0.6 is 0 Å². The van der Waals surface area contributed by atoms with E-state index in [1.165, 1.54) is 6.42 Å². The molecule has 0 aliphatic carbocycles. The normalized spacial score (nSPS) is 15.8. The Labute approximate surface area is 176 Å². The third-order valence-corrected chi connectivity index (χ3v) is 5.47. The van der Waals surface area contributed by atoms with Crippen molar-refractivity contribution in [1.82, 2.24) is 15.5 Å². The number of carbonyl (C=O) groups is 1. The molecular weight excluding hydrogens is 362 g/mol. The van der Waals surface area contributed by atoms with Gasteiger partial charge in [0.2, 0.25) is 5.91 Å². The van der Waals surface area contributed by atoms with Gasteiger partial charge >= 0.3 is 0 Å². The van der Waals surface area contributed by atoms with Crippen LogP contribution in [-0.4, -0.2) is 55.5 Å². The monoisotopic (exact) mass is 401 g/mol. The van der Waals surface area contributed by atoms with E-state index in [0.717, 1.165) is 62.8 Å². The zero-order chi connectivity index (χ0) is 21.1. The predicted octanol–water partition coefficient (Wildman–Crippen LogP) is 3.38. The van der Waals surface area contributed by atoms with E-state index in [4.69, 9.17) is 4.99 Å². The third kappa shape index (κ3) is 7.69. The number of hydrogen-bond donors (Lipinski definition) is 2. The highest BCUT2D eigenvalue weighted by Crippen LogP contribution is 2.21. The molecule has 1 fully saturated rings. The van der Waals surface area contributed by atoms with Gasteiger partial charge in [-0.25, -0.2) is 4.99 Å². The second-order valence-corrected chi connectivity index (χ2v) is 7.73. The summed E-state index contributed by atoms with van der Waals surface area (Å²) in [6, 6.07) is 8.59. The Morgan fingerprint density at radius 1 is 1.21 bits per heavy atom. The maximum absolute atomic E-state index is 11.9. The first-order valence-electron chi connectivity index (χ1n) is 11.2. The molecule has 1 atom stereocenters. The SMILES string of the molecule is CCNC(=NCc1ccc(N2CCCC2=O)cc1)NC(C)CCCN(CC)CC. The second kappa shape index (κ2) is 12.5. The number of nitrogens with zero attached hydrogens (tertiary/aromatic N) is 3. The first-order valence-corrected chi connectivity index (χ1v) is 11.2. The van der Waals surface area contributed by atoms with Gasteiger partial charge in [-0.3, -0.25) is 4.79 Å². The van der Waals surface area contributed by atoms with Crippen molar-refractivity contribution in [2.45, 2.75) is 66.0 Å². The zero-order valence-corrected chi connectivity index (χ0v) is 18.7. The molecule has 0 spiro atoms. The molecule has 0 bridgehead atoms. The molecule has 1 aromatic carbocycles. The van der Waals surface area contributed by atoms with E-state index < -0.39 is 0 Å². The molecule has 1 aliphatic rings. The van der Waals surface area contributed by atoms with E-state index in [1.807, 2.05) is 17.0 Å². The average Bonchev–Trinajstić information content (AvgIpc) is 3.16. The lowest BCUT2D eigenvalue weighted by Crippen LogP contribution is -2.42. The maximum atomic E-state index is 11.9. The van der Waals surface area contributed by atoms with Crippen molar-refractivity contribution in [2.24, 2.45) is 4.99 Å². The lowest BCUT2D eigenvalue weighted by Gasteiger charge is -2.21. The number of carbonyl (C=O) groups excluding carboxylic acids is 1. The predicted molar refractivity (Wildman–Crippen MR) is 122 cm³/mol. The molecular formula is C23H39N5O. The van der Waals surface area contributed by atoms with Gasteiger partial charge in [-0.05, 0) is 70.4 Å². The third-order valence-electron chi connectivity index (χ3n) is 5.47. The maximum Gasteiger partial charge on any atom is 0.227 e. The van der Waals surface area contributed by atoms with Gasteiger partial charge in [0.25, 0.3) is 0 Å². The van der Waals surface area contributed by atoms with Crippen LogP contribution in [0, 0.1) is 0 Å². The molecule has 1 aliphatic heterocycles. The van der Waals surface area contributed by atoms with Crippen molar-refractivity contribution in [2.75, 3.05) is 37.6 Å². The van der Waals surface area contributed by atoms with Crippen molar-refractivity contribution in [3.8, 4) is 0 Å². The lowest BCUT2D eigenvalue weighted by atomic mass is 10.2. The first-order chi connectivity index (χ1) is 14.1. The standard InChI is InChI=1S/C23H39N5O/c1-5-24-23(26-19(4)10-8-16-27(6-2)7-3)25-18-20-12-14-21(15-13-20)28-17-9-11-22(28)29/h12-15,19H,5-11,16-18H2,1-4H3,(H2,24,25,26). The van der Waals surface area contributed by atoms with Crippen LogP contribution in [0.25, 0.3) is 0 Å². The highest BCUT2D eigenvalue weighted by molar-refractivity contribution is 5.95. The highest BCUT2D eigenvalue weighted by atomic mass is 16.2. The van der Waals surface area contributed by atoms with Crippen LogP contribution in [0.1, 0.15) is 58.9 Å². The van der Waals surface area contributed by atoms with Crippen molar-refractivity contribution >= 4 is 17.6 Å². The Hall–Kier alpha value is -2.08. The number of guanidine groups is 1. The number of nitrogens with one attached hydrogen (secondary N) is 2. The molecule has 1 unspecified atom stereocenters. The van der Waals surface area contributed by atoms with Crippen molar-refractivity contribution < 1.29 is 4.79 Å². The molecule has 162 valence electrons. The van der Waals surface area contributed by atoms with Gasteiger partial charge in [0.05, 0.1) is 6.54 Å². The number of anilines is 1. The number of rotatable bonds is 11. The second-order valence-electron chi connectivity index (χ2n) is 7.73. The van der Waals surface area contributed by atoms with Gasteiger partial charge in [0, 0.05) is 31.2 Å². The quantitative estimate of drug-likeness (QED) is 0.441. The first kappa shape index (κ1) is 23.2. The summed E-state index contributed by atoms with van der Waals surface area (Å²) in [5.74, 6) is 1.09. The molecule has 1 aromatic rings. The Morgan fingerprint density at radius 2 is 1.93 bits per heavy atom. The molecule has 6 nitrogen and oxygen atoms in total. The fourth-order valence-corrected chi connectivity index (χ4v) is 3.66. The lowest BCUT2D eigenvalue weighted by molar-refractivity contribution is -0.117. The van der Waals surface area contributed by atoms with Crippen LogP contribution in [0.5, 0.6) is 0 Å². The molecule has 1 amide bonds. The van der Waals surface area contributed by atoms with Gasteiger partial charge in [-0.1, -0.05) is 26.0 Å². The van der Waals surface area contributed by atoms with Crippen molar-refractivity contribution in [3.05, 3.63) is 29.8 Å². The van der Waals surface area contributed by atoms with Gasteiger partial charge in [0.1, 0.15) is 0 Å². The fourth-order valence-electron chi connectivity index (χ4n) is 3.66. The summed E-state index contributed by atoms with van der Waals surface area (Å²) < 4.78 is 0. The van der Waals surface area contributed by atoms with Gasteiger partial charge in [-0.2, -0.15) is 0 Å². The van der Waals surface area contributed by atoms with E-state index in [2.05, 4.69) is 55.4 Å². The summed E-state index contributed by atoms with van der Waals surface area (Å²) in [5.41, 5.74) is 2.14. The van der Waals surface area contributed by atoms with Gasteiger partial charge in [-0.15, -0.1) is 0 Å². The van der Waals surface area contributed by atoms with Crippen LogP contribution in [0.4, 0.5) is 5.69 Å². The largest absolute Gasteiger partial charge is 0.357 e. The Morgan fingerprint density at radius 3 is 2.52 bits per heavy atom. The molecule has 0 saturated carbocycles.